The summed E-state index contributed by atoms with van der Waals surface area (Å²) in [5, 5.41) is 11.4. The molecule has 0 aliphatic carbocycles. The SMILES string of the molecule is O=CNC(CO)Cc1ccccc1. The molecular formula is C10H13NO2. The fourth-order valence-corrected chi connectivity index (χ4v) is 1.17. The van der Waals surface area contributed by atoms with Gasteiger partial charge in [0.2, 0.25) is 6.41 Å². The number of carbonyl (C=O) groups is 1. The predicted molar refractivity (Wildman–Crippen MR) is 50.2 cm³/mol. The summed E-state index contributed by atoms with van der Waals surface area (Å²) in [6, 6.07) is 9.56. The number of amides is 1. The molecule has 3 nitrogen and oxygen atoms in total. The Morgan fingerprint density at radius 2 is 2.08 bits per heavy atom. The molecule has 1 aromatic carbocycles. The fourth-order valence-electron chi connectivity index (χ4n) is 1.17. The molecule has 2 N–H and O–H groups in total. The van der Waals surface area contributed by atoms with E-state index in [4.69, 9.17) is 5.11 Å². The molecule has 0 saturated heterocycles. The molecule has 1 amide bonds. The molecule has 1 atom stereocenters. The van der Waals surface area contributed by atoms with Crippen molar-refractivity contribution in [1.82, 2.24) is 5.32 Å². The van der Waals surface area contributed by atoms with Gasteiger partial charge in [-0.2, -0.15) is 0 Å². The Morgan fingerprint density at radius 3 is 2.62 bits per heavy atom. The van der Waals surface area contributed by atoms with Gasteiger partial charge < -0.3 is 10.4 Å². The molecule has 0 aromatic heterocycles. The Bertz CT molecular complexity index is 248. The average molecular weight is 179 g/mol. The number of benzene rings is 1. The lowest BCUT2D eigenvalue weighted by atomic mass is 10.1. The third kappa shape index (κ3) is 3.25. The standard InChI is InChI=1S/C10H13NO2/c12-7-10(11-8-13)6-9-4-2-1-3-5-9/h1-5,8,10,12H,6-7H2,(H,11,13). The summed E-state index contributed by atoms with van der Waals surface area (Å²) in [4.78, 5) is 10.1. The summed E-state index contributed by atoms with van der Waals surface area (Å²) >= 11 is 0. The Hall–Kier alpha value is -1.35. The molecule has 3 heteroatoms. The Balaban J connectivity index is 2.51. The van der Waals surface area contributed by atoms with Crippen LogP contribution < -0.4 is 5.32 Å². The summed E-state index contributed by atoms with van der Waals surface area (Å²) < 4.78 is 0. The van der Waals surface area contributed by atoms with Gasteiger partial charge in [0.25, 0.3) is 0 Å². The van der Waals surface area contributed by atoms with Crippen molar-refractivity contribution in [2.75, 3.05) is 6.61 Å². The summed E-state index contributed by atoms with van der Waals surface area (Å²) in [7, 11) is 0. The number of nitrogens with one attached hydrogen (secondary N) is 1. The lowest BCUT2D eigenvalue weighted by Gasteiger charge is -2.12. The average Bonchev–Trinajstić information content (AvgIpc) is 2.19. The number of hydrogen-bond acceptors (Lipinski definition) is 2. The zero-order valence-corrected chi connectivity index (χ0v) is 7.31. The normalized spacial score (nSPS) is 12.1. The van der Waals surface area contributed by atoms with Crippen LogP contribution in [0.15, 0.2) is 30.3 Å². The maximum Gasteiger partial charge on any atom is 0.207 e. The Labute approximate surface area is 77.4 Å². The molecular weight excluding hydrogens is 166 g/mol. The third-order valence-electron chi connectivity index (χ3n) is 1.85. The monoisotopic (exact) mass is 179 g/mol. The van der Waals surface area contributed by atoms with Crippen LogP contribution in [0.5, 0.6) is 0 Å². The number of aliphatic hydroxyl groups is 1. The van der Waals surface area contributed by atoms with E-state index in [0.717, 1.165) is 5.56 Å². The first kappa shape index (κ1) is 9.74. The highest BCUT2D eigenvalue weighted by molar-refractivity contribution is 5.46. The van der Waals surface area contributed by atoms with Gasteiger partial charge in [-0.3, -0.25) is 4.79 Å². The fraction of sp³-hybridized carbons (Fsp3) is 0.300. The van der Waals surface area contributed by atoms with Gasteiger partial charge in [-0.15, -0.1) is 0 Å². The minimum atomic E-state index is -0.181. The van der Waals surface area contributed by atoms with E-state index in [1.807, 2.05) is 30.3 Å². The van der Waals surface area contributed by atoms with Crippen LogP contribution in [0.25, 0.3) is 0 Å². The summed E-state index contributed by atoms with van der Waals surface area (Å²) in [6.07, 6.45) is 1.28. The van der Waals surface area contributed by atoms with Crippen LogP contribution in [-0.4, -0.2) is 24.2 Å². The lowest BCUT2D eigenvalue weighted by molar-refractivity contribution is -0.110. The molecule has 70 valence electrons. The highest BCUT2D eigenvalue weighted by Crippen LogP contribution is 2.02. The lowest BCUT2D eigenvalue weighted by Crippen LogP contribution is -2.33. The third-order valence-corrected chi connectivity index (χ3v) is 1.85. The quantitative estimate of drug-likeness (QED) is 0.640. The van der Waals surface area contributed by atoms with E-state index in [9.17, 15) is 4.79 Å². The van der Waals surface area contributed by atoms with Gasteiger partial charge >= 0.3 is 0 Å². The molecule has 0 radical (unpaired) electrons. The summed E-state index contributed by atoms with van der Waals surface area (Å²) in [6.45, 7) is -0.0341. The number of aliphatic hydroxyl groups excluding tert-OH is 1. The van der Waals surface area contributed by atoms with Crippen LogP contribution in [0.3, 0.4) is 0 Å². The second-order valence-electron chi connectivity index (χ2n) is 2.85. The maximum absolute atomic E-state index is 10.1. The van der Waals surface area contributed by atoms with E-state index in [1.165, 1.54) is 0 Å². The van der Waals surface area contributed by atoms with Gasteiger partial charge in [0.05, 0.1) is 12.6 Å². The number of carbonyl (C=O) groups excluding carboxylic acids is 1. The molecule has 1 unspecified atom stereocenters. The van der Waals surface area contributed by atoms with Crippen molar-refractivity contribution in [1.29, 1.82) is 0 Å². The van der Waals surface area contributed by atoms with Gasteiger partial charge in [-0.25, -0.2) is 0 Å². The topological polar surface area (TPSA) is 49.3 Å². The zero-order valence-electron chi connectivity index (χ0n) is 7.31. The van der Waals surface area contributed by atoms with E-state index < -0.39 is 0 Å². The summed E-state index contributed by atoms with van der Waals surface area (Å²) in [5.41, 5.74) is 1.11. The number of hydrogen-bond donors (Lipinski definition) is 2. The van der Waals surface area contributed by atoms with E-state index in [0.29, 0.717) is 12.8 Å². The van der Waals surface area contributed by atoms with Crippen molar-refractivity contribution in [2.24, 2.45) is 0 Å². The van der Waals surface area contributed by atoms with Crippen LogP contribution in [-0.2, 0) is 11.2 Å². The van der Waals surface area contributed by atoms with Gasteiger partial charge in [-0.1, -0.05) is 30.3 Å². The molecule has 0 spiro atoms. The highest BCUT2D eigenvalue weighted by Gasteiger charge is 2.05. The van der Waals surface area contributed by atoms with Gasteiger partial charge in [0.1, 0.15) is 0 Å². The van der Waals surface area contributed by atoms with Crippen LogP contribution >= 0.6 is 0 Å². The van der Waals surface area contributed by atoms with Gasteiger partial charge in [0.15, 0.2) is 0 Å². The Kier molecular flexibility index (Phi) is 3.99. The first-order valence-corrected chi connectivity index (χ1v) is 4.21. The van der Waals surface area contributed by atoms with Crippen LogP contribution in [0.4, 0.5) is 0 Å². The van der Waals surface area contributed by atoms with Gasteiger partial charge in [0, 0.05) is 0 Å². The van der Waals surface area contributed by atoms with Crippen molar-refractivity contribution < 1.29 is 9.90 Å². The minimum Gasteiger partial charge on any atom is -0.394 e. The molecule has 1 rings (SSSR count). The van der Waals surface area contributed by atoms with E-state index >= 15 is 0 Å². The first-order chi connectivity index (χ1) is 6.36. The second-order valence-corrected chi connectivity index (χ2v) is 2.85. The molecule has 0 saturated carbocycles. The molecule has 0 fully saturated rings. The van der Waals surface area contributed by atoms with Crippen molar-refractivity contribution in [2.45, 2.75) is 12.5 Å². The van der Waals surface area contributed by atoms with Crippen molar-refractivity contribution in [3.8, 4) is 0 Å². The summed E-state index contributed by atoms with van der Waals surface area (Å²) in [5.74, 6) is 0. The molecule has 0 aliphatic rings. The molecule has 1 aromatic rings. The van der Waals surface area contributed by atoms with Crippen LogP contribution in [0.1, 0.15) is 5.56 Å². The predicted octanol–water partition coefficient (Wildman–Crippen LogP) is 0.336. The Morgan fingerprint density at radius 1 is 1.38 bits per heavy atom. The first-order valence-electron chi connectivity index (χ1n) is 4.21. The molecule has 0 heterocycles. The van der Waals surface area contributed by atoms with Crippen molar-refractivity contribution >= 4 is 6.41 Å². The van der Waals surface area contributed by atoms with Crippen LogP contribution in [0.2, 0.25) is 0 Å². The smallest absolute Gasteiger partial charge is 0.207 e. The van der Waals surface area contributed by atoms with Crippen molar-refractivity contribution in [3.63, 3.8) is 0 Å². The molecule has 13 heavy (non-hydrogen) atoms. The largest absolute Gasteiger partial charge is 0.394 e. The highest BCUT2D eigenvalue weighted by atomic mass is 16.3. The molecule has 0 bridgehead atoms. The van der Waals surface area contributed by atoms with Crippen LogP contribution in [0, 0.1) is 0 Å². The second kappa shape index (κ2) is 5.32. The number of rotatable bonds is 5. The van der Waals surface area contributed by atoms with E-state index in [-0.39, 0.29) is 12.6 Å². The minimum absolute atomic E-state index is 0.0341. The van der Waals surface area contributed by atoms with Gasteiger partial charge in [-0.05, 0) is 12.0 Å². The van der Waals surface area contributed by atoms with E-state index in [2.05, 4.69) is 5.32 Å². The van der Waals surface area contributed by atoms with Crippen molar-refractivity contribution in [3.05, 3.63) is 35.9 Å². The zero-order chi connectivity index (χ0) is 9.52. The van der Waals surface area contributed by atoms with E-state index in [1.54, 1.807) is 0 Å². The molecule has 0 aliphatic heterocycles. The maximum atomic E-state index is 10.1.